The largest absolute Gasteiger partial charge is 0.385 e. The fourth-order valence-corrected chi connectivity index (χ4v) is 1.83. The molecule has 1 rings (SSSR count). The topological polar surface area (TPSA) is 59.3 Å². The average Bonchev–Trinajstić information content (AvgIpc) is 2.64. The van der Waals surface area contributed by atoms with Crippen molar-refractivity contribution < 1.29 is 9.84 Å². The van der Waals surface area contributed by atoms with E-state index in [1.54, 1.807) is 18.0 Å². The summed E-state index contributed by atoms with van der Waals surface area (Å²) in [5.41, 5.74) is 0.579. The summed E-state index contributed by atoms with van der Waals surface area (Å²) in [5.74, 6) is 0. The quantitative estimate of drug-likeness (QED) is 0.828. The molecular formula is C12H22ClN3O2. The summed E-state index contributed by atoms with van der Waals surface area (Å²) in [6.07, 6.45) is 0.864. The predicted molar refractivity (Wildman–Crippen MR) is 71.8 cm³/mol. The van der Waals surface area contributed by atoms with Gasteiger partial charge in [-0.05, 0) is 20.8 Å². The molecule has 0 aromatic carbocycles. The van der Waals surface area contributed by atoms with Gasteiger partial charge in [0.1, 0.15) is 6.10 Å². The minimum atomic E-state index is -0.684. The van der Waals surface area contributed by atoms with Crippen molar-refractivity contribution in [2.24, 2.45) is 0 Å². The van der Waals surface area contributed by atoms with Crippen LogP contribution in [0.5, 0.6) is 0 Å². The number of ether oxygens (including phenoxy) is 1. The molecule has 1 unspecified atom stereocenters. The third kappa shape index (κ3) is 4.57. The number of hydrogen-bond acceptors (Lipinski definition) is 4. The van der Waals surface area contributed by atoms with E-state index in [0.717, 1.165) is 0 Å². The number of aliphatic hydroxyl groups is 1. The molecule has 0 aliphatic heterocycles. The molecule has 1 heterocycles. The minimum absolute atomic E-state index is 0.0508. The van der Waals surface area contributed by atoms with Crippen LogP contribution in [0.4, 0.5) is 0 Å². The molecule has 1 aromatic rings. The highest BCUT2D eigenvalue weighted by atomic mass is 35.5. The van der Waals surface area contributed by atoms with Crippen molar-refractivity contribution in [2.75, 3.05) is 20.3 Å². The zero-order valence-corrected chi connectivity index (χ0v) is 12.2. The van der Waals surface area contributed by atoms with Gasteiger partial charge in [0.25, 0.3) is 0 Å². The van der Waals surface area contributed by atoms with Gasteiger partial charge >= 0.3 is 0 Å². The van der Waals surface area contributed by atoms with Crippen LogP contribution in [-0.4, -0.2) is 40.7 Å². The zero-order valence-electron chi connectivity index (χ0n) is 11.4. The van der Waals surface area contributed by atoms with Crippen LogP contribution in [-0.2, 0) is 11.3 Å². The Hall–Kier alpha value is -0.620. The van der Waals surface area contributed by atoms with Crippen LogP contribution in [0.15, 0.2) is 6.20 Å². The Balaban J connectivity index is 2.71. The molecule has 5 nitrogen and oxygen atoms in total. The van der Waals surface area contributed by atoms with Crippen LogP contribution in [0.25, 0.3) is 0 Å². The van der Waals surface area contributed by atoms with Gasteiger partial charge in [0.2, 0.25) is 0 Å². The van der Waals surface area contributed by atoms with Crippen molar-refractivity contribution in [1.29, 1.82) is 0 Å². The van der Waals surface area contributed by atoms with E-state index in [1.165, 1.54) is 0 Å². The lowest BCUT2D eigenvalue weighted by Crippen LogP contribution is -2.39. The summed E-state index contributed by atoms with van der Waals surface area (Å²) in [4.78, 5) is 0. The molecule has 0 aliphatic carbocycles. The number of rotatable bonds is 6. The number of β-amino-alcohol motifs (C(OH)–C–C–N with tert-alkyl or cyclic N) is 1. The van der Waals surface area contributed by atoms with E-state index in [-0.39, 0.29) is 5.54 Å². The summed E-state index contributed by atoms with van der Waals surface area (Å²) >= 11 is 6.06. The van der Waals surface area contributed by atoms with Gasteiger partial charge in [0, 0.05) is 19.2 Å². The second-order valence-electron chi connectivity index (χ2n) is 5.24. The number of methoxy groups -OCH3 is 1. The molecular weight excluding hydrogens is 254 g/mol. The van der Waals surface area contributed by atoms with Gasteiger partial charge in [-0.2, -0.15) is 5.10 Å². The number of nitrogens with one attached hydrogen (secondary N) is 1. The van der Waals surface area contributed by atoms with Gasteiger partial charge in [-0.1, -0.05) is 11.6 Å². The van der Waals surface area contributed by atoms with Crippen LogP contribution in [0.2, 0.25) is 5.02 Å². The first kappa shape index (κ1) is 15.4. The lowest BCUT2D eigenvalue weighted by molar-refractivity contribution is 0.144. The van der Waals surface area contributed by atoms with Crippen molar-refractivity contribution in [3.05, 3.63) is 16.9 Å². The third-order valence-corrected chi connectivity index (χ3v) is 2.77. The Morgan fingerprint density at radius 1 is 1.56 bits per heavy atom. The number of halogens is 1. The van der Waals surface area contributed by atoms with E-state index < -0.39 is 6.10 Å². The number of nitrogens with zero attached hydrogens (tertiary/aromatic N) is 2. The minimum Gasteiger partial charge on any atom is -0.385 e. The lowest BCUT2D eigenvalue weighted by atomic mass is 10.1. The fraction of sp³-hybridized carbons (Fsp3) is 0.750. The molecule has 0 bridgehead atoms. The molecule has 0 aliphatic rings. The van der Waals surface area contributed by atoms with Crippen molar-refractivity contribution in [3.8, 4) is 0 Å². The highest BCUT2D eigenvalue weighted by molar-refractivity contribution is 6.31. The summed E-state index contributed by atoms with van der Waals surface area (Å²) in [6.45, 7) is 7.67. The van der Waals surface area contributed by atoms with E-state index >= 15 is 0 Å². The van der Waals surface area contributed by atoms with Crippen molar-refractivity contribution in [3.63, 3.8) is 0 Å². The Labute approximate surface area is 113 Å². The molecule has 0 radical (unpaired) electrons. The maximum Gasteiger partial charge on any atom is 0.110 e. The van der Waals surface area contributed by atoms with Gasteiger partial charge in [0.05, 0.1) is 30.1 Å². The van der Waals surface area contributed by atoms with Gasteiger partial charge in [-0.15, -0.1) is 0 Å². The van der Waals surface area contributed by atoms with Crippen LogP contribution in [0.3, 0.4) is 0 Å². The fourth-order valence-electron chi connectivity index (χ4n) is 1.56. The monoisotopic (exact) mass is 275 g/mol. The Bertz CT molecular complexity index is 374. The summed E-state index contributed by atoms with van der Waals surface area (Å²) in [6, 6.07) is 0. The van der Waals surface area contributed by atoms with Crippen molar-refractivity contribution >= 4 is 11.6 Å². The molecule has 0 amide bonds. The van der Waals surface area contributed by atoms with E-state index in [1.807, 2.05) is 20.8 Å². The normalized spacial score (nSPS) is 13.9. The molecule has 1 atom stereocenters. The van der Waals surface area contributed by atoms with Gasteiger partial charge in [0.15, 0.2) is 0 Å². The summed E-state index contributed by atoms with van der Waals surface area (Å²) < 4.78 is 6.68. The van der Waals surface area contributed by atoms with E-state index in [9.17, 15) is 5.11 Å². The van der Waals surface area contributed by atoms with E-state index in [0.29, 0.717) is 30.4 Å². The molecule has 0 saturated heterocycles. The smallest absolute Gasteiger partial charge is 0.110 e. The second kappa shape index (κ2) is 6.52. The first-order chi connectivity index (χ1) is 8.35. The molecule has 104 valence electrons. The Morgan fingerprint density at radius 3 is 2.78 bits per heavy atom. The molecule has 1 aromatic heterocycles. The van der Waals surface area contributed by atoms with Crippen LogP contribution in [0.1, 0.15) is 32.6 Å². The average molecular weight is 276 g/mol. The maximum absolute atomic E-state index is 10.2. The van der Waals surface area contributed by atoms with Gasteiger partial charge in [-0.25, -0.2) is 0 Å². The first-order valence-corrected chi connectivity index (χ1v) is 6.36. The maximum atomic E-state index is 10.2. The van der Waals surface area contributed by atoms with Crippen LogP contribution < -0.4 is 5.32 Å². The Kier molecular flexibility index (Phi) is 5.59. The standard InChI is InChI=1S/C12H22ClN3O2/c1-12(2,3)14-8-10(17)11-9(13)7-15-16(11)5-6-18-4/h7,10,14,17H,5-6,8H2,1-4H3. The molecule has 6 heteroatoms. The molecule has 0 fully saturated rings. The Morgan fingerprint density at radius 2 is 2.22 bits per heavy atom. The van der Waals surface area contributed by atoms with Crippen molar-refractivity contribution in [2.45, 2.75) is 39.0 Å². The van der Waals surface area contributed by atoms with E-state index in [4.69, 9.17) is 16.3 Å². The lowest BCUT2D eigenvalue weighted by Gasteiger charge is -2.23. The summed E-state index contributed by atoms with van der Waals surface area (Å²) in [5, 5.41) is 18.0. The highest BCUT2D eigenvalue weighted by Crippen LogP contribution is 2.22. The van der Waals surface area contributed by atoms with Gasteiger partial charge < -0.3 is 15.2 Å². The molecule has 2 N–H and O–H groups in total. The van der Waals surface area contributed by atoms with Crippen LogP contribution in [0, 0.1) is 0 Å². The van der Waals surface area contributed by atoms with E-state index in [2.05, 4.69) is 10.4 Å². The van der Waals surface area contributed by atoms with Gasteiger partial charge in [-0.3, -0.25) is 4.68 Å². The number of aliphatic hydroxyl groups excluding tert-OH is 1. The zero-order chi connectivity index (χ0) is 13.8. The SMILES string of the molecule is COCCn1ncc(Cl)c1C(O)CNC(C)(C)C. The predicted octanol–water partition coefficient (Wildman–Crippen LogP) is 1.60. The summed E-state index contributed by atoms with van der Waals surface area (Å²) in [7, 11) is 1.63. The third-order valence-electron chi connectivity index (χ3n) is 2.48. The van der Waals surface area contributed by atoms with Crippen LogP contribution >= 0.6 is 11.6 Å². The number of aromatic nitrogens is 2. The first-order valence-electron chi connectivity index (χ1n) is 5.98. The second-order valence-corrected chi connectivity index (χ2v) is 5.65. The molecule has 0 saturated carbocycles. The number of hydrogen-bond donors (Lipinski definition) is 2. The molecule has 0 spiro atoms. The van der Waals surface area contributed by atoms with Crippen molar-refractivity contribution in [1.82, 2.24) is 15.1 Å². The molecule has 18 heavy (non-hydrogen) atoms. The highest BCUT2D eigenvalue weighted by Gasteiger charge is 2.20.